The molecule has 1 fully saturated rings. The molecule has 4 nitrogen and oxygen atoms in total. The normalized spacial score (nSPS) is 25.9. The Morgan fingerprint density at radius 2 is 2.12 bits per heavy atom. The van der Waals surface area contributed by atoms with Gasteiger partial charge < -0.3 is 10.0 Å². The predicted molar refractivity (Wildman–Crippen MR) is 63.5 cm³/mol. The van der Waals surface area contributed by atoms with Gasteiger partial charge in [-0.15, -0.1) is 0 Å². The lowest BCUT2D eigenvalue weighted by Gasteiger charge is -2.35. The SMILES string of the molecule is Cc1ncc(N2CCC(O)C(C)C2)nc1C. The molecule has 2 heterocycles. The molecule has 88 valence electrons. The zero-order valence-electron chi connectivity index (χ0n) is 10.1. The lowest BCUT2D eigenvalue weighted by Crippen LogP contribution is -2.42. The van der Waals surface area contributed by atoms with Crippen molar-refractivity contribution >= 4 is 5.82 Å². The molecule has 1 aliphatic rings. The van der Waals surface area contributed by atoms with Crippen LogP contribution in [0, 0.1) is 19.8 Å². The van der Waals surface area contributed by atoms with Crippen LogP contribution in [0.15, 0.2) is 6.20 Å². The van der Waals surface area contributed by atoms with Gasteiger partial charge in [-0.25, -0.2) is 4.98 Å². The molecule has 16 heavy (non-hydrogen) atoms. The van der Waals surface area contributed by atoms with Crippen LogP contribution in [0.5, 0.6) is 0 Å². The smallest absolute Gasteiger partial charge is 0.147 e. The van der Waals surface area contributed by atoms with Crippen LogP contribution in [0.3, 0.4) is 0 Å². The average Bonchev–Trinajstić information content (AvgIpc) is 2.26. The zero-order valence-corrected chi connectivity index (χ0v) is 10.1. The molecule has 1 aromatic rings. The average molecular weight is 221 g/mol. The third-order valence-electron chi connectivity index (χ3n) is 3.36. The third kappa shape index (κ3) is 2.16. The largest absolute Gasteiger partial charge is 0.393 e. The maximum atomic E-state index is 9.68. The number of aliphatic hydroxyl groups excluding tert-OH is 1. The Bertz CT molecular complexity index is 381. The Hall–Kier alpha value is -1.16. The minimum absolute atomic E-state index is 0.171. The summed E-state index contributed by atoms with van der Waals surface area (Å²) >= 11 is 0. The van der Waals surface area contributed by atoms with Crippen molar-refractivity contribution in [2.75, 3.05) is 18.0 Å². The summed E-state index contributed by atoms with van der Waals surface area (Å²) in [6, 6.07) is 0. The monoisotopic (exact) mass is 221 g/mol. The Morgan fingerprint density at radius 1 is 1.38 bits per heavy atom. The molecule has 0 spiro atoms. The summed E-state index contributed by atoms with van der Waals surface area (Å²) in [6.07, 6.45) is 2.47. The number of rotatable bonds is 1. The van der Waals surface area contributed by atoms with Crippen molar-refractivity contribution in [3.05, 3.63) is 17.6 Å². The fourth-order valence-corrected chi connectivity index (χ4v) is 2.02. The lowest BCUT2D eigenvalue weighted by molar-refractivity contribution is 0.0968. The van der Waals surface area contributed by atoms with Crippen LogP contribution in [0.1, 0.15) is 24.7 Å². The standard InChI is InChI=1S/C12H19N3O/c1-8-7-15(5-4-11(8)16)12-6-13-9(2)10(3)14-12/h6,8,11,16H,4-5,7H2,1-3H3. The number of aryl methyl sites for hydroxylation is 2. The van der Waals surface area contributed by atoms with E-state index in [2.05, 4.69) is 21.8 Å². The number of aliphatic hydroxyl groups is 1. The molecule has 2 atom stereocenters. The summed E-state index contributed by atoms with van der Waals surface area (Å²) in [5.41, 5.74) is 1.96. The van der Waals surface area contributed by atoms with Crippen LogP contribution in [-0.4, -0.2) is 34.3 Å². The van der Waals surface area contributed by atoms with Crippen molar-refractivity contribution in [2.45, 2.75) is 33.3 Å². The van der Waals surface area contributed by atoms with Gasteiger partial charge in [0.2, 0.25) is 0 Å². The molecule has 0 radical (unpaired) electrons. The molecule has 1 saturated heterocycles. The van der Waals surface area contributed by atoms with E-state index in [0.717, 1.165) is 36.7 Å². The first kappa shape index (κ1) is 11.3. The molecule has 0 aliphatic carbocycles. The van der Waals surface area contributed by atoms with E-state index in [4.69, 9.17) is 0 Å². The summed E-state index contributed by atoms with van der Waals surface area (Å²) in [5, 5.41) is 9.68. The summed E-state index contributed by atoms with van der Waals surface area (Å²) in [6.45, 7) is 7.75. The van der Waals surface area contributed by atoms with Crippen LogP contribution < -0.4 is 4.90 Å². The molecule has 0 aromatic carbocycles. The van der Waals surface area contributed by atoms with Gasteiger partial charge in [0.1, 0.15) is 5.82 Å². The molecule has 0 saturated carbocycles. The quantitative estimate of drug-likeness (QED) is 0.776. The molecular weight excluding hydrogens is 202 g/mol. The molecule has 2 rings (SSSR count). The second kappa shape index (κ2) is 4.37. The van der Waals surface area contributed by atoms with Gasteiger partial charge in [-0.1, -0.05) is 6.92 Å². The van der Waals surface area contributed by atoms with Gasteiger partial charge in [-0.2, -0.15) is 0 Å². The molecule has 1 aliphatic heterocycles. The zero-order chi connectivity index (χ0) is 11.7. The fraction of sp³-hybridized carbons (Fsp3) is 0.667. The van der Waals surface area contributed by atoms with Crippen LogP contribution in [0.25, 0.3) is 0 Å². The van der Waals surface area contributed by atoms with E-state index in [1.165, 1.54) is 0 Å². The van der Waals surface area contributed by atoms with E-state index in [0.29, 0.717) is 5.92 Å². The molecule has 2 unspecified atom stereocenters. The summed E-state index contributed by atoms with van der Waals surface area (Å²) in [7, 11) is 0. The van der Waals surface area contributed by atoms with Gasteiger partial charge in [-0.05, 0) is 26.2 Å². The van der Waals surface area contributed by atoms with Crippen molar-refractivity contribution < 1.29 is 5.11 Å². The van der Waals surface area contributed by atoms with E-state index in [1.54, 1.807) is 0 Å². The minimum Gasteiger partial charge on any atom is -0.393 e. The van der Waals surface area contributed by atoms with Gasteiger partial charge >= 0.3 is 0 Å². The highest BCUT2D eigenvalue weighted by Gasteiger charge is 2.25. The molecule has 1 N–H and O–H groups in total. The van der Waals surface area contributed by atoms with Crippen LogP contribution in [0.2, 0.25) is 0 Å². The second-order valence-corrected chi connectivity index (χ2v) is 4.68. The first-order valence-electron chi connectivity index (χ1n) is 5.81. The number of piperidine rings is 1. The van der Waals surface area contributed by atoms with E-state index < -0.39 is 0 Å². The number of hydrogen-bond donors (Lipinski definition) is 1. The molecule has 1 aromatic heterocycles. The number of hydrogen-bond acceptors (Lipinski definition) is 4. The van der Waals surface area contributed by atoms with Crippen molar-refractivity contribution in [1.29, 1.82) is 0 Å². The summed E-state index contributed by atoms with van der Waals surface area (Å²) in [5.74, 6) is 1.24. The van der Waals surface area contributed by atoms with Crippen LogP contribution >= 0.6 is 0 Å². The Morgan fingerprint density at radius 3 is 2.75 bits per heavy atom. The molecule has 0 bridgehead atoms. The lowest BCUT2D eigenvalue weighted by atomic mass is 9.97. The first-order valence-corrected chi connectivity index (χ1v) is 5.81. The van der Waals surface area contributed by atoms with Crippen molar-refractivity contribution in [3.63, 3.8) is 0 Å². The van der Waals surface area contributed by atoms with Gasteiger partial charge in [0.05, 0.1) is 23.7 Å². The Labute approximate surface area is 96.3 Å². The Balaban J connectivity index is 2.15. The highest BCUT2D eigenvalue weighted by atomic mass is 16.3. The van der Waals surface area contributed by atoms with E-state index in [1.807, 2.05) is 20.0 Å². The van der Waals surface area contributed by atoms with Gasteiger partial charge in [-0.3, -0.25) is 4.98 Å². The highest BCUT2D eigenvalue weighted by Crippen LogP contribution is 2.21. The second-order valence-electron chi connectivity index (χ2n) is 4.68. The number of aromatic nitrogens is 2. The van der Waals surface area contributed by atoms with Crippen molar-refractivity contribution in [3.8, 4) is 0 Å². The third-order valence-corrected chi connectivity index (χ3v) is 3.36. The molecule has 0 amide bonds. The molecule has 4 heteroatoms. The van der Waals surface area contributed by atoms with Crippen molar-refractivity contribution in [2.24, 2.45) is 5.92 Å². The van der Waals surface area contributed by atoms with Gasteiger partial charge in [0.25, 0.3) is 0 Å². The van der Waals surface area contributed by atoms with E-state index in [-0.39, 0.29) is 6.10 Å². The van der Waals surface area contributed by atoms with Crippen LogP contribution in [-0.2, 0) is 0 Å². The summed E-state index contributed by atoms with van der Waals surface area (Å²) in [4.78, 5) is 11.1. The van der Waals surface area contributed by atoms with Crippen LogP contribution in [0.4, 0.5) is 5.82 Å². The summed E-state index contributed by atoms with van der Waals surface area (Å²) < 4.78 is 0. The topological polar surface area (TPSA) is 49.2 Å². The van der Waals surface area contributed by atoms with E-state index in [9.17, 15) is 5.11 Å². The number of anilines is 1. The van der Waals surface area contributed by atoms with Gasteiger partial charge in [0.15, 0.2) is 0 Å². The predicted octanol–water partition coefficient (Wildman–Crippen LogP) is 1.30. The maximum absolute atomic E-state index is 9.68. The Kier molecular flexibility index (Phi) is 3.10. The minimum atomic E-state index is -0.171. The molecular formula is C12H19N3O. The van der Waals surface area contributed by atoms with Gasteiger partial charge in [0, 0.05) is 13.1 Å². The van der Waals surface area contributed by atoms with Crippen molar-refractivity contribution in [1.82, 2.24) is 9.97 Å². The highest BCUT2D eigenvalue weighted by molar-refractivity contribution is 5.38. The fourth-order valence-electron chi connectivity index (χ4n) is 2.02. The van der Waals surface area contributed by atoms with E-state index >= 15 is 0 Å². The maximum Gasteiger partial charge on any atom is 0.147 e. The number of nitrogens with zero attached hydrogens (tertiary/aromatic N) is 3. The first-order chi connectivity index (χ1) is 7.58.